The van der Waals surface area contributed by atoms with Gasteiger partial charge in [0.1, 0.15) is 6.04 Å². The van der Waals surface area contributed by atoms with Crippen LogP contribution in [0.1, 0.15) is 19.4 Å². The molecule has 0 fully saturated rings. The first-order chi connectivity index (χ1) is 11.3. The van der Waals surface area contributed by atoms with E-state index in [1.54, 1.807) is 0 Å². The van der Waals surface area contributed by atoms with Crippen molar-refractivity contribution in [1.82, 2.24) is 15.2 Å². The minimum atomic E-state index is -0.735. The molecule has 0 bridgehead atoms. The normalized spacial score (nSPS) is 13.1. The Labute approximate surface area is 142 Å². The van der Waals surface area contributed by atoms with Crippen molar-refractivity contribution < 1.29 is 14.3 Å². The second-order valence-electron chi connectivity index (χ2n) is 6.57. The minimum Gasteiger partial charge on any atom is -0.467 e. The predicted molar refractivity (Wildman–Crippen MR) is 93.7 cm³/mol. The predicted octanol–water partition coefficient (Wildman–Crippen LogP) is 1.71. The Morgan fingerprint density at radius 1 is 1.29 bits per heavy atom. The number of aromatic amines is 1. The van der Waals surface area contributed by atoms with E-state index in [1.165, 1.54) is 7.11 Å². The van der Waals surface area contributed by atoms with Crippen LogP contribution in [0, 0.1) is 0 Å². The number of amides is 1. The van der Waals surface area contributed by atoms with Gasteiger partial charge in [-0.2, -0.15) is 0 Å². The highest BCUT2D eigenvalue weighted by atomic mass is 16.5. The molecule has 0 saturated carbocycles. The smallest absolute Gasteiger partial charge is 0.328 e. The number of likely N-dealkylation sites (N-methyl/N-ethyl adjacent to an activating group) is 1. The number of para-hydroxylation sites is 1. The fraction of sp³-hybridized carbons (Fsp3) is 0.444. The van der Waals surface area contributed by atoms with Crippen molar-refractivity contribution in [1.29, 1.82) is 0 Å². The number of carbonyl (C=O) groups excluding carboxylic acids is 2. The van der Waals surface area contributed by atoms with Gasteiger partial charge in [0.05, 0.1) is 12.6 Å². The Kier molecular flexibility index (Phi) is 5.29. The topological polar surface area (TPSA) is 74.4 Å². The van der Waals surface area contributed by atoms with E-state index in [-0.39, 0.29) is 5.91 Å². The van der Waals surface area contributed by atoms with Crippen molar-refractivity contribution in [2.45, 2.75) is 31.8 Å². The van der Waals surface area contributed by atoms with Gasteiger partial charge in [-0.3, -0.25) is 9.69 Å². The Balaban J connectivity index is 2.23. The molecule has 2 rings (SSSR count). The van der Waals surface area contributed by atoms with E-state index < -0.39 is 17.6 Å². The number of aromatic nitrogens is 1. The number of nitrogens with zero attached hydrogens (tertiary/aromatic N) is 1. The summed E-state index contributed by atoms with van der Waals surface area (Å²) in [5, 5.41) is 3.86. The summed E-state index contributed by atoms with van der Waals surface area (Å²) in [6.45, 7) is 3.62. The minimum absolute atomic E-state index is 0.220. The third-order valence-corrected chi connectivity index (χ3v) is 4.56. The zero-order chi connectivity index (χ0) is 17.9. The molecule has 0 saturated heterocycles. The molecule has 1 atom stereocenters. The molecule has 2 aromatic rings. The summed E-state index contributed by atoms with van der Waals surface area (Å²) in [6, 6.07) is 7.12. The van der Waals surface area contributed by atoms with E-state index >= 15 is 0 Å². The number of esters is 1. The molecule has 1 heterocycles. The quantitative estimate of drug-likeness (QED) is 0.790. The lowest BCUT2D eigenvalue weighted by Crippen LogP contribution is -2.56. The van der Waals surface area contributed by atoms with Crippen LogP contribution in [-0.2, 0) is 20.7 Å². The Morgan fingerprint density at radius 2 is 1.96 bits per heavy atom. The van der Waals surface area contributed by atoms with Gasteiger partial charge < -0.3 is 15.0 Å². The van der Waals surface area contributed by atoms with Crippen LogP contribution < -0.4 is 5.32 Å². The number of methoxy groups -OCH3 is 1. The summed E-state index contributed by atoms with van der Waals surface area (Å²) < 4.78 is 4.87. The molecule has 0 radical (unpaired) electrons. The summed E-state index contributed by atoms with van der Waals surface area (Å²) in [5.74, 6) is -0.675. The van der Waals surface area contributed by atoms with Gasteiger partial charge in [-0.1, -0.05) is 18.2 Å². The van der Waals surface area contributed by atoms with Gasteiger partial charge in [-0.05, 0) is 39.6 Å². The third-order valence-electron chi connectivity index (χ3n) is 4.56. The fourth-order valence-corrected chi connectivity index (χ4v) is 2.39. The standard InChI is InChI=1S/C18H25N3O3/c1-18(2,21(3)4)17(23)20-15(16(22)24-5)10-12-11-19-14-9-7-6-8-13(12)14/h6-9,11,15,19H,10H2,1-5H3,(H,20,23). The third kappa shape index (κ3) is 3.59. The number of benzene rings is 1. The number of ether oxygens (including phenoxy) is 1. The van der Waals surface area contributed by atoms with Crippen molar-refractivity contribution in [2.75, 3.05) is 21.2 Å². The van der Waals surface area contributed by atoms with Crippen LogP contribution in [0.25, 0.3) is 10.9 Å². The van der Waals surface area contributed by atoms with Crippen molar-refractivity contribution in [2.24, 2.45) is 0 Å². The number of rotatable bonds is 6. The Hall–Kier alpha value is -2.34. The lowest BCUT2D eigenvalue weighted by atomic mass is 10.00. The van der Waals surface area contributed by atoms with Gasteiger partial charge in [-0.25, -0.2) is 4.79 Å². The van der Waals surface area contributed by atoms with Gasteiger partial charge in [0.25, 0.3) is 0 Å². The van der Waals surface area contributed by atoms with E-state index in [1.807, 2.05) is 63.3 Å². The molecule has 2 N–H and O–H groups in total. The van der Waals surface area contributed by atoms with Crippen LogP contribution in [0.5, 0.6) is 0 Å². The van der Waals surface area contributed by atoms with Crippen molar-refractivity contribution >= 4 is 22.8 Å². The van der Waals surface area contributed by atoms with Crippen molar-refractivity contribution in [3.05, 3.63) is 36.0 Å². The van der Waals surface area contributed by atoms with Crippen molar-refractivity contribution in [3.8, 4) is 0 Å². The molecule has 0 aliphatic heterocycles. The second kappa shape index (κ2) is 7.05. The lowest BCUT2D eigenvalue weighted by molar-refractivity contribution is -0.146. The van der Waals surface area contributed by atoms with Crippen LogP contribution in [0.15, 0.2) is 30.5 Å². The van der Waals surface area contributed by atoms with Gasteiger partial charge >= 0.3 is 5.97 Å². The number of hydrogen-bond donors (Lipinski definition) is 2. The molecule has 0 aliphatic carbocycles. The van der Waals surface area contributed by atoms with Crippen LogP contribution in [0.2, 0.25) is 0 Å². The molecule has 1 aromatic heterocycles. The highest BCUT2D eigenvalue weighted by Crippen LogP contribution is 2.20. The van der Waals surface area contributed by atoms with Crippen LogP contribution in [0.3, 0.4) is 0 Å². The first-order valence-electron chi connectivity index (χ1n) is 7.88. The van der Waals surface area contributed by atoms with Crippen molar-refractivity contribution in [3.63, 3.8) is 0 Å². The number of carbonyl (C=O) groups is 2. The Morgan fingerprint density at radius 3 is 2.58 bits per heavy atom. The maximum absolute atomic E-state index is 12.6. The van der Waals surface area contributed by atoms with Gasteiger partial charge in [0.15, 0.2) is 0 Å². The molecule has 130 valence electrons. The van der Waals surface area contributed by atoms with Gasteiger partial charge in [-0.15, -0.1) is 0 Å². The highest BCUT2D eigenvalue weighted by Gasteiger charge is 2.33. The summed E-state index contributed by atoms with van der Waals surface area (Å²) >= 11 is 0. The van der Waals surface area contributed by atoms with E-state index in [0.717, 1.165) is 16.5 Å². The number of fused-ring (bicyclic) bond motifs is 1. The lowest BCUT2D eigenvalue weighted by Gasteiger charge is -2.32. The molecule has 6 nitrogen and oxygen atoms in total. The Bertz CT molecular complexity index is 734. The van der Waals surface area contributed by atoms with Crippen LogP contribution >= 0.6 is 0 Å². The monoisotopic (exact) mass is 331 g/mol. The molecule has 1 aromatic carbocycles. The number of hydrogen-bond acceptors (Lipinski definition) is 4. The zero-order valence-electron chi connectivity index (χ0n) is 14.8. The molecule has 0 spiro atoms. The SMILES string of the molecule is COC(=O)C(Cc1c[nH]c2ccccc12)NC(=O)C(C)(C)N(C)C. The first kappa shape index (κ1) is 18.0. The molecular weight excluding hydrogens is 306 g/mol. The van der Waals surface area contributed by atoms with E-state index in [2.05, 4.69) is 10.3 Å². The summed E-state index contributed by atoms with van der Waals surface area (Å²) in [5.41, 5.74) is 1.23. The highest BCUT2D eigenvalue weighted by molar-refractivity contribution is 5.91. The summed E-state index contributed by atoms with van der Waals surface area (Å²) in [4.78, 5) is 29.7. The van der Waals surface area contributed by atoms with Crippen LogP contribution in [0.4, 0.5) is 0 Å². The van der Waals surface area contributed by atoms with E-state index in [4.69, 9.17) is 4.74 Å². The molecular formula is C18H25N3O3. The second-order valence-corrected chi connectivity index (χ2v) is 6.57. The first-order valence-corrected chi connectivity index (χ1v) is 7.88. The van der Waals surface area contributed by atoms with E-state index in [0.29, 0.717) is 6.42 Å². The average Bonchev–Trinajstić information content (AvgIpc) is 2.96. The molecule has 1 unspecified atom stereocenters. The largest absolute Gasteiger partial charge is 0.467 e. The maximum atomic E-state index is 12.6. The molecule has 1 amide bonds. The van der Waals surface area contributed by atoms with Gasteiger partial charge in [0.2, 0.25) is 5.91 Å². The van der Waals surface area contributed by atoms with Crippen LogP contribution in [-0.4, -0.2) is 54.5 Å². The maximum Gasteiger partial charge on any atom is 0.328 e. The number of H-pyrrole nitrogens is 1. The average molecular weight is 331 g/mol. The van der Waals surface area contributed by atoms with Gasteiger partial charge in [0, 0.05) is 23.5 Å². The fourth-order valence-electron chi connectivity index (χ4n) is 2.39. The molecule has 0 aliphatic rings. The zero-order valence-corrected chi connectivity index (χ0v) is 14.8. The molecule has 24 heavy (non-hydrogen) atoms. The molecule has 6 heteroatoms. The summed E-state index contributed by atoms with van der Waals surface area (Å²) in [6.07, 6.45) is 2.23. The number of nitrogens with one attached hydrogen (secondary N) is 2. The summed E-state index contributed by atoms with van der Waals surface area (Å²) in [7, 11) is 4.98. The van der Waals surface area contributed by atoms with E-state index in [9.17, 15) is 9.59 Å².